The van der Waals surface area contributed by atoms with Crippen LogP contribution in [0.2, 0.25) is 0 Å². The molecule has 6 nitrogen and oxygen atoms in total. The van der Waals surface area contributed by atoms with Crippen LogP contribution in [0.3, 0.4) is 0 Å². The molecule has 1 aromatic heterocycles. The molecule has 1 heterocycles. The van der Waals surface area contributed by atoms with Crippen molar-refractivity contribution in [2.75, 3.05) is 20.3 Å². The number of amides is 1. The first-order valence-electron chi connectivity index (χ1n) is 12.7. The second-order valence-corrected chi connectivity index (χ2v) is 9.13. The zero-order valence-electron chi connectivity index (χ0n) is 20.3. The van der Waals surface area contributed by atoms with Crippen LogP contribution < -0.4 is 14.8 Å². The lowest BCUT2D eigenvalue weighted by molar-refractivity contribution is -0.125. The second-order valence-electron chi connectivity index (χ2n) is 9.13. The highest BCUT2D eigenvalue weighted by Gasteiger charge is 2.20. The van der Waals surface area contributed by atoms with Gasteiger partial charge in [-0.15, -0.1) is 0 Å². The summed E-state index contributed by atoms with van der Waals surface area (Å²) < 4.78 is 13.5. The lowest BCUT2D eigenvalue weighted by Gasteiger charge is -2.20. The summed E-state index contributed by atoms with van der Waals surface area (Å²) in [6, 6.07) is 16.0. The van der Waals surface area contributed by atoms with Crippen molar-refractivity contribution in [1.29, 1.82) is 0 Å². The zero-order valence-corrected chi connectivity index (χ0v) is 20.3. The molecule has 1 saturated carbocycles. The van der Waals surface area contributed by atoms with Crippen LogP contribution in [0.25, 0.3) is 11.0 Å². The molecule has 2 aromatic carbocycles. The maximum atomic E-state index is 12.4. The summed E-state index contributed by atoms with van der Waals surface area (Å²) in [5.74, 6) is 3.20. The normalized spacial score (nSPS) is 14.3. The Morgan fingerprint density at radius 2 is 1.85 bits per heavy atom. The lowest BCUT2D eigenvalue weighted by atomic mass is 9.89. The summed E-state index contributed by atoms with van der Waals surface area (Å²) in [6.07, 6.45) is 9.47. The molecule has 1 aliphatic rings. The van der Waals surface area contributed by atoms with Gasteiger partial charge in [-0.3, -0.25) is 4.79 Å². The van der Waals surface area contributed by atoms with E-state index in [1.807, 2.05) is 30.3 Å². The first-order valence-corrected chi connectivity index (χ1v) is 12.7. The van der Waals surface area contributed by atoms with Crippen molar-refractivity contribution >= 4 is 16.9 Å². The Morgan fingerprint density at radius 1 is 1.03 bits per heavy atom. The van der Waals surface area contributed by atoms with E-state index in [1.54, 1.807) is 7.11 Å². The van der Waals surface area contributed by atoms with Crippen molar-refractivity contribution in [1.82, 2.24) is 14.9 Å². The molecule has 1 aliphatic carbocycles. The van der Waals surface area contributed by atoms with Crippen LogP contribution in [0.1, 0.15) is 57.2 Å². The van der Waals surface area contributed by atoms with Gasteiger partial charge in [-0.25, -0.2) is 4.98 Å². The predicted molar refractivity (Wildman–Crippen MR) is 135 cm³/mol. The number of hydrogen-bond donors (Lipinski definition) is 1. The topological polar surface area (TPSA) is 65.4 Å². The molecule has 0 radical (unpaired) electrons. The first kappa shape index (κ1) is 24.1. The highest BCUT2D eigenvalue weighted by atomic mass is 16.5. The van der Waals surface area contributed by atoms with E-state index >= 15 is 0 Å². The smallest absolute Gasteiger partial charge is 0.223 e. The van der Waals surface area contributed by atoms with Gasteiger partial charge in [0.05, 0.1) is 24.8 Å². The van der Waals surface area contributed by atoms with Gasteiger partial charge in [0.1, 0.15) is 17.3 Å². The highest BCUT2D eigenvalue weighted by molar-refractivity contribution is 5.78. The van der Waals surface area contributed by atoms with Crippen LogP contribution in [0.5, 0.6) is 11.5 Å². The minimum absolute atomic E-state index is 0.220. The van der Waals surface area contributed by atoms with Crippen LogP contribution >= 0.6 is 0 Å². The molecule has 0 aliphatic heterocycles. The molecule has 0 unspecified atom stereocenters. The largest absolute Gasteiger partial charge is 0.497 e. The van der Waals surface area contributed by atoms with Crippen molar-refractivity contribution in [3.8, 4) is 11.5 Å². The summed E-state index contributed by atoms with van der Waals surface area (Å²) in [6.45, 7) is 2.29. The van der Waals surface area contributed by atoms with E-state index < -0.39 is 0 Å². The molecular formula is C28H37N3O3. The minimum atomic E-state index is 0.220. The summed E-state index contributed by atoms with van der Waals surface area (Å²) >= 11 is 0. The number of imidazole rings is 1. The summed E-state index contributed by atoms with van der Waals surface area (Å²) in [5.41, 5.74) is 2.22. The molecule has 1 amide bonds. The van der Waals surface area contributed by atoms with Gasteiger partial charge in [-0.1, -0.05) is 37.5 Å². The lowest BCUT2D eigenvalue weighted by Crippen LogP contribution is -2.32. The molecule has 3 aromatic rings. The van der Waals surface area contributed by atoms with Crippen molar-refractivity contribution < 1.29 is 14.3 Å². The van der Waals surface area contributed by atoms with E-state index in [4.69, 9.17) is 14.5 Å². The average Bonchev–Trinajstić information content (AvgIpc) is 3.24. The number of para-hydroxylation sites is 2. The molecule has 1 N–H and O–H groups in total. The van der Waals surface area contributed by atoms with E-state index in [2.05, 4.69) is 28.1 Å². The molecule has 0 atom stereocenters. The summed E-state index contributed by atoms with van der Waals surface area (Å²) in [5, 5.41) is 3.16. The van der Waals surface area contributed by atoms with E-state index in [0.717, 1.165) is 67.9 Å². The van der Waals surface area contributed by atoms with E-state index in [9.17, 15) is 4.79 Å². The number of nitrogens with one attached hydrogen (secondary N) is 1. The maximum Gasteiger partial charge on any atom is 0.223 e. The van der Waals surface area contributed by atoms with Crippen molar-refractivity contribution in [2.45, 2.75) is 64.3 Å². The van der Waals surface area contributed by atoms with E-state index in [-0.39, 0.29) is 11.8 Å². The van der Waals surface area contributed by atoms with Crippen LogP contribution in [-0.2, 0) is 17.8 Å². The Hall–Kier alpha value is -3.02. The number of rotatable bonds is 12. The van der Waals surface area contributed by atoms with E-state index in [0.29, 0.717) is 13.2 Å². The van der Waals surface area contributed by atoms with E-state index in [1.165, 1.54) is 24.8 Å². The fourth-order valence-corrected chi connectivity index (χ4v) is 4.79. The molecule has 0 saturated heterocycles. The number of carbonyl (C=O) groups is 1. The minimum Gasteiger partial charge on any atom is -0.497 e. The van der Waals surface area contributed by atoms with Crippen molar-refractivity contribution in [2.24, 2.45) is 5.92 Å². The van der Waals surface area contributed by atoms with Gasteiger partial charge in [0.15, 0.2) is 0 Å². The molecule has 4 rings (SSSR count). The van der Waals surface area contributed by atoms with Crippen molar-refractivity contribution in [3.05, 3.63) is 54.4 Å². The van der Waals surface area contributed by atoms with Gasteiger partial charge in [-0.2, -0.15) is 0 Å². The number of aromatic nitrogens is 2. The quantitative estimate of drug-likeness (QED) is 0.359. The Morgan fingerprint density at radius 3 is 2.71 bits per heavy atom. The SMILES string of the molecule is COc1cccc(OCCCCn2c(CCCNC(=O)C3CCCCC3)nc3ccccc32)c1. The number of benzene rings is 2. The maximum absolute atomic E-state index is 12.4. The molecule has 6 heteroatoms. The number of ether oxygens (including phenoxy) is 2. The standard InChI is InChI=1S/C28H37N3O3/c1-33-23-13-9-14-24(21-23)34-20-8-7-19-31-26-16-6-5-15-25(26)30-27(31)17-10-18-29-28(32)22-11-3-2-4-12-22/h5-6,9,13-16,21-22H,2-4,7-8,10-12,17-20H2,1H3,(H,29,32). The van der Waals surface area contributed by atoms with Crippen LogP contribution in [0.15, 0.2) is 48.5 Å². The average molecular weight is 464 g/mol. The van der Waals surface area contributed by atoms with Gasteiger partial charge in [0.2, 0.25) is 5.91 Å². The number of unbranched alkanes of at least 4 members (excludes halogenated alkanes) is 1. The Bertz CT molecular complexity index is 1060. The number of carbonyl (C=O) groups excluding carboxylic acids is 1. The Balaban J connectivity index is 1.26. The fraction of sp³-hybridized carbons (Fsp3) is 0.500. The van der Waals surface area contributed by atoms with Crippen LogP contribution in [0, 0.1) is 5.92 Å². The summed E-state index contributed by atoms with van der Waals surface area (Å²) in [4.78, 5) is 17.3. The predicted octanol–water partition coefficient (Wildman–Crippen LogP) is 5.53. The molecular weight excluding hydrogens is 426 g/mol. The molecule has 34 heavy (non-hydrogen) atoms. The van der Waals surface area contributed by atoms with Gasteiger partial charge in [-0.05, 0) is 56.4 Å². The van der Waals surface area contributed by atoms with Gasteiger partial charge >= 0.3 is 0 Å². The number of fused-ring (bicyclic) bond motifs is 1. The number of hydrogen-bond acceptors (Lipinski definition) is 4. The number of aryl methyl sites for hydroxylation is 2. The molecule has 1 fully saturated rings. The third-order valence-electron chi connectivity index (χ3n) is 6.67. The Labute approximate surface area is 202 Å². The number of methoxy groups -OCH3 is 1. The van der Waals surface area contributed by atoms with Gasteiger partial charge < -0.3 is 19.4 Å². The Kier molecular flexibility index (Phi) is 8.83. The zero-order chi connectivity index (χ0) is 23.6. The third-order valence-corrected chi connectivity index (χ3v) is 6.67. The molecule has 0 spiro atoms. The monoisotopic (exact) mass is 463 g/mol. The molecule has 182 valence electrons. The van der Waals surface area contributed by atoms with Crippen LogP contribution in [0.4, 0.5) is 0 Å². The second kappa shape index (κ2) is 12.4. The summed E-state index contributed by atoms with van der Waals surface area (Å²) in [7, 11) is 1.66. The van der Waals surface area contributed by atoms with Crippen molar-refractivity contribution in [3.63, 3.8) is 0 Å². The van der Waals surface area contributed by atoms with Gasteiger partial charge in [0.25, 0.3) is 0 Å². The number of nitrogens with zero attached hydrogens (tertiary/aromatic N) is 2. The third kappa shape index (κ3) is 6.52. The van der Waals surface area contributed by atoms with Crippen LogP contribution in [-0.4, -0.2) is 35.7 Å². The van der Waals surface area contributed by atoms with Gasteiger partial charge in [0, 0.05) is 31.5 Å². The molecule has 0 bridgehead atoms. The first-order chi connectivity index (χ1) is 16.7. The fourth-order valence-electron chi connectivity index (χ4n) is 4.79. The highest BCUT2D eigenvalue weighted by Crippen LogP contribution is 2.24.